The van der Waals surface area contributed by atoms with Gasteiger partial charge in [0.2, 0.25) is 5.88 Å². The van der Waals surface area contributed by atoms with Gasteiger partial charge in [0, 0.05) is 25.7 Å². The number of aromatic nitrogens is 4. The third kappa shape index (κ3) is 3.67. The lowest BCUT2D eigenvalue weighted by atomic mass is 9.81. The van der Waals surface area contributed by atoms with Crippen LogP contribution in [0.5, 0.6) is 5.88 Å². The molecule has 1 fully saturated rings. The number of aryl methyl sites for hydroxylation is 1. The van der Waals surface area contributed by atoms with Gasteiger partial charge in [-0.3, -0.25) is 9.48 Å². The van der Waals surface area contributed by atoms with Crippen molar-refractivity contribution < 1.29 is 9.53 Å². The number of para-hydroxylation sites is 2. The number of methoxy groups -OCH3 is 1. The minimum atomic E-state index is -0.126. The minimum absolute atomic E-state index is 0.126. The van der Waals surface area contributed by atoms with Gasteiger partial charge in [-0.25, -0.2) is 4.98 Å². The number of hydrogen-bond acceptors (Lipinski definition) is 4. The molecule has 1 aliphatic rings. The van der Waals surface area contributed by atoms with Crippen LogP contribution in [0.15, 0.2) is 30.5 Å². The SMILES string of the molecule is COc1nn(C)cc1C(=O)NCC1CCC(c2nc3ccccc3[nH]2)CC1. The highest BCUT2D eigenvalue weighted by Gasteiger charge is 2.25. The predicted molar refractivity (Wildman–Crippen MR) is 103 cm³/mol. The van der Waals surface area contributed by atoms with E-state index in [-0.39, 0.29) is 5.91 Å². The number of nitrogens with one attached hydrogen (secondary N) is 2. The molecule has 0 aliphatic heterocycles. The summed E-state index contributed by atoms with van der Waals surface area (Å²) in [5.41, 5.74) is 2.62. The zero-order chi connectivity index (χ0) is 18.8. The van der Waals surface area contributed by atoms with Crippen LogP contribution in [0.2, 0.25) is 0 Å². The Labute approximate surface area is 158 Å². The van der Waals surface area contributed by atoms with E-state index >= 15 is 0 Å². The van der Waals surface area contributed by atoms with Crippen LogP contribution in [0.4, 0.5) is 0 Å². The third-order valence-electron chi connectivity index (χ3n) is 5.43. The normalized spacial score (nSPS) is 19.9. The number of H-pyrrole nitrogens is 1. The highest BCUT2D eigenvalue weighted by molar-refractivity contribution is 5.96. The van der Waals surface area contributed by atoms with Crippen molar-refractivity contribution in [1.29, 1.82) is 0 Å². The Kier molecular flexibility index (Phi) is 4.83. The number of carbonyl (C=O) groups excluding carboxylic acids is 1. The number of benzene rings is 1. The van der Waals surface area contributed by atoms with E-state index in [1.54, 1.807) is 17.9 Å². The molecule has 4 rings (SSSR count). The Balaban J connectivity index is 1.31. The van der Waals surface area contributed by atoms with Crippen molar-refractivity contribution in [2.45, 2.75) is 31.6 Å². The smallest absolute Gasteiger partial charge is 0.258 e. The summed E-state index contributed by atoms with van der Waals surface area (Å²) in [5.74, 6) is 2.31. The van der Waals surface area contributed by atoms with Gasteiger partial charge < -0.3 is 15.0 Å². The van der Waals surface area contributed by atoms with Crippen molar-refractivity contribution in [1.82, 2.24) is 25.1 Å². The summed E-state index contributed by atoms with van der Waals surface area (Å²) in [4.78, 5) is 20.6. The van der Waals surface area contributed by atoms with Crippen molar-refractivity contribution in [2.24, 2.45) is 13.0 Å². The first-order valence-corrected chi connectivity index (χ1v) is 9.44. The van der Waals surface area contributed by atoms with Crippen LogP contribution in [0.3, 0.4) is 0 Å². The Bertz CT molecular complexity index is 904. The Morgan fingerprint density at radius 1 is 1.30 bits per heavy atom. The van der Waals surface area contributed by atoms with Gasteiger partial charge in [0.1, 0.15) is 11.4 Å². The van der Waals surface area contributed by atoms with E-state index < -0.39 is 0 Å². The van der Waals surface area contributed by atoms with Crippen LogP contribution in [-0.4, -0.2) is 39.3 Å². The molecule has 1 amide bonds. The van der Waals surface area contributed by atoms with Gasteiger partial charge in [0.25, 0.3) is 5.91 Å². The molecule has 142 valence electrons. The number of ether oxygens (including phenoxy) is 1. The molecule has 27 heavy (non-hydrogen) atoms. The van der Waals surface area contributed by atoms with Crippen molar-refractivity contribution >= 4 is 16.9 Å². The zero-order valence-corrected chi connectivity index (χ0v) is 15.7. The molecule has 7 nitrogen and oxygen atoms in total. The van der Waals surface area contributed by atoms with Crippen LogP contribution < -0.4 is 10.1 Å². The fraction of sp³-hybridized carbons (Fsp3) is 0.450. The van der Waals surface area contributed by atoms with Crippen LogP contribution in [0.25, 0.3) is 11.0 Å². The number of rotatable bonds is 5. The molecule has 1 aliphatic carbocycles. The average molecular weight is 367 g/mol. The fourth-order valence-corrected chi connectivity index (χ4v) is 3.91. The first kappa shape index (κ1) is 17.6. The maximum atomic E-state index is 12.4. The quantitative estimate of drug-likeness (QED) is 0.726. The number of imidazole rings is 1. The highest BCUT2D eigenvalue weighted by atomic mass is 16.5. The first-order chi connectivity index (χ1) is 13.1. The van der Waals surface area contributed by atoms with Gasteiger partial charge in [-0.1, -0.05) is 12.1 Å². The molecule has 0 bridgehead atoms. The van der Waals surface area contributed by atoms with E-state index in [4.69, 9.17) is 9.72 Å². The summed E-state index contributed by atoms with van der Waals surface area (Å²) in [7, 11) is 3.30. The molecular formula is C20H25N5O2. The lowest BCUT2D eigenvalue weighted by molar-refractivity contribution is 0.0939. The van der Waals surface area contributed by atoms with Crippen LogP contribution >= 0.6 is 0 Å². The van der Waals surface area contributed by atoms with Gasteiger partial charge in [-0.2, -0.15) is 0 Å². The molecule has 2 N–H and O–H groups in total. The summed E-state index contributed by atoms with van der Waals surface area (Å²) >= 11 is 0. The molecule has 2 heterocycles. The largest absolute Gasteiger partial charge is 0.479 e. The third-order valence-corrected chi connectivity index (χ3v) is 5.43. The van der Waals surface area contributed by atoms with E-state index in [9.17, 15) is 4.79 Å². The molecule has 0 atom stereocenters. The maximum absolute atomic E-state index is 12.4. The zero-order valence-electron chi connectivity index (χ0n) is 15.7. The van der Waals surface area contributed by atoms with Crippen LogP contribution in [0.1, 0.15) is 47.8 Å². The number of amides is 1. The van der Waals surface area contributed by atoms with Gasteiger partial charge in [0.05, 0.1) is 18.1 Å². The van der Waals surface area contributed by atoms with Crippen molar-refractivity contribution in [2.75, 3.05) is 13.7 Å². The topological polar surface area (TPSA) is 84.8 Å². The van der Waals surface area contributed by atoms with Gasteiger partial charge in [-0.15, -0.1) is 5.10 Å². The second kappa shape index (κ2) is 7.42. The van der Waals surface area contributed by atoms with Crippen molar-refractivity contribution in [3.8, 4) is 5.88 Å². The molecule has 7 heteroatoms. The number of carbonyl (C=O) groups is 1. The molecule has 1 saturated carbocycles. The van der Waals surface area contributed by atoms with E-state index in [1.807, 2.05) is 18.2 Å². The van der Waals surface area contributed by atoms with Gasteiger partial charge in [0.15, 0.2) is 0 Å². The average Bonchev–Trinajstić information content (AvgIpc) is 3.29. The molecular weight excluding hydrogens is 342 g/mol. The monoisotopic (exact) mass is 367 g/mol. The highest BCUT2D eigenvalue weighted by Crippen LogP contribution is 2.35. The Morgan fingerprint density at radius 3 is 2.81 bits per heavy atom. The van der Waals surface area contributed by atoms with Gasteiger partial charge in [-0.05, 0) is 43.7 Å². The molecule has 0 unspecified atom stereocenters. The van der Waals surface area contributed by atoms with E-state index in [2.05, 4.69) is 21.5 Å². The summed E-state index contributed by atoms with van der Waals surface area (Å²) in [6, 6.07) is 8.16. The lowest BCUT2D eigenvalue weighted by Gasteiger charge is -2.27. The Morgan fingerprint density at radius 2 is 2.07 bits per heavy atom. The maximum Gasteiger partial charge on any atom is 0.258 e. The van der Waals surface area contributed by atoms with Crippen molar-refractivity contribution in [3.63, 3.8) is 0 Å². The molecule has 3 aromatic rings. The molecule has 1 aromatic carbocycles. The standard InChI is InChI=1S/C20H25N5O2/c1-25-12-15(20(24-25)27-2)19(26)21-11-13-7-9-14(10-8-13)18-22-16-5-3-4-6-17(16)23-18/h3-6,12-14H,7-11H2,1-2H3,(H,21,26)(H,22,23). The number of hydrogen-bond donors (Lipinski definition) is 2. The Hall–Kier alpha value is -2.83. The van der Waals surface area contributed by atoms with Crippen LogP contribution in [0, 0.1) is 5.92 Å². The fourth-order valence-electron chi connectivity index (χ4n) is 3.91. The van der Waals surface area contributed by atoms with Crippen LogP contribution in [-0.2, 0) is 7.05 Å². The second-order valence-corrected chi connectivity index (χ2v) is 7.29. The second-order valence-electron chi connectivity index (χ2n) is 7.29. The minimum Gasteiger partial charge on any atom is -0.479 e. The van der Waals surface area contributed by atoms with Gasteiger partial charge >= 0.3 is 0 Å². The number of fused-ring (bicyclic) bond motifs is 1. The summed E-state index contributed by atoms with van der Waals surface area (Å²) in [5, 5.41) is 7.17. The first-order valence-electron chi connectivity index (χ1n) is 9.44. The predicted octanol–water partition coefficient (Wildman–Crippen LogP) is 3.01. The molecule has 0 spiro atoms. The van der Waals surface area contributed by atoms with Crippen molar-refractivity contribution in [3.05, 3.63) is 41.9 Å². The number of nitrogens with zero attached hydrogens (tertiary/aromatic N) is 3. The molecule has 2 aromatic heterocycles. The summed E-state index contributed by atoms with van der Waals surface area (Å²) in [6.07, 6.45) is 6.05. The van der Waals surface area contributed by atoms with E-state index in [0.29, 0.717) is 29.8 Å². The van der Waals surface area contributed by atoms with E-state index in [0.717, 1.165) is 42.5 Å². The summed E-state index contributed by atoms with van der Waals surface area (Å²) in [6.45, 7) is 0.684. The molecule has 0 saturated heterocycles. The lowest BCUT2D eigenvalue weighted by Crippen LogP contribution is -2.31. The summed E-state index contributed by atoms with van der Waals surface area (Å²) < 4.78 is 6.75. The number of aromatic amines is 1. The molecule has 0 radical (unpaired) electrons. The van der Waals surface area contributed by atoms with E-state index in [1.165, 1.54) is 7.11 Å².